The average molecular weight is 479 g/mol. The smallest absolute Gasteiger partial charge is 0.265 e. The summed E-state index contributed by atoms with van der Waals surface area (Å²) in [7, 11) is -3.77. The van der Waals surface area contributed by atoms with Crippen molar-refractivity contribution in [2.75, 3.05) is 15.4 Å². The van der Waals surface area contributed by atoms with Gasteiger partial charge < -0.3 is 10.6 Å². The van der Waals surface area contributed by atoms with Crippen molar-refractivity contribution in [1.29, 1.82) is 0 Å². The summed E-state index contributed by atoms with van der Waals surface area (Å²) < 4.78 is 30.2. The Labute approximate surface area is 198 Å². The molecule has 4 aromatic rings. The number of rotatable bonds is 8. The number of hydrogen-bond acceptors (Lipinski definition) is 8. The molecule has 0 aliphatic heterocycles. The van der Waals surface area contributed by atoms with Gasteiger partial charge in [-0.3, -0.25) is 9.40 Å². The normalized spacial score (nSPS) is 11.3. The predicted octanol–water partition coefficient (Wildman–Crippen LogP) is 4.30. The summed E-state index contributed by atoms with van der Waals surface area (Å²) in [4.78, 5) is 13.3. The van der Waals surface area contributed by atoms with Gasteiger partial charge in [0.1, 0.15) is 28.2 Å². The molecule has 0 saturated carbocycles. The minimum Gasteiger partial charge on any atom is -0.340 e. The van der Waals surface area contributed by atoms with Crippen molar-refractivity contribution in [3.05, 3.63) is 71.9 Å². The van der Waals surface area contributed by atoms with Crippen LogP contribution in [-0.4, -0.2) is 33.2 Å². The quantitative estimate of drug-likeness (QED) is 0.342. The molecule has 1 aromatic carbocycles. The third kappa shape index (κ3) is 5.15. The van der Waals surface area contributed by atoms with Gasteiger partial charge in [0, 0.05) is 30.2 Å². The molecule has 0 spiro atoms. The van der Waals surface area contributed by atoms with E-state index in [4.69, 9.17) is 0 Å². The number of aromatic nitrogens is 5. The van der Waals surface area contributed by atoms with Gasteiger partial charge in [-0.15, -0.1) is 0 Å². The first-order valence-corrected chi connectivity index (χ1v) is 12.2. The van der Waals surface area contributed by atoms with Crippen molar-refractivity contribution < 1.29 is 8.42 Å². The van der Waals surface area contributed by atoms with E-state index in [0.717, 1.165) is 5.69 Å². The lowest BCUT2D eigenvalue weighted by Crippen LogP contribution is -2.15. The maximum Gasteiger partial charge on any atom is 0.265 e. The van der Waals surface area contributed by atoms with E-state index < -0.39 is 10.0 Å². The zero-order valence-electron chi connectivity index (χ0n) is 19.4. The van der Waals surface area contributed by atoms with Crippen molar-refractivity contribution in [2.45, 2.75) is 39.1 Å². The fraction of sp³-hybridized carbons (Fsp3) is 0.217. The summed E-state index contributed by atoms with van der Waals surface area (Å²) in [5.74, 6) is 2.47. The lowest BCUT2D eigenvalue weighted by Gasteiger charge is -2.12. The van der Waals surface area contributed by atoms with Crippen LogP contribution in [0.4, 0.5) is 28.8 Å². The van der Waals surface area contributed by atoms with Crippen molar-refractivity contribution in [3.63, 3.8) is 0 Å². The number of nitrogens with zero attached hydrogens (tertiary/aromatic N) is 5. The van der Waals surface area contributed by atoms with Gasteiger partial charge >= 0.3 is 0 Å². The van der Waals surface area contributed by atoms with Crippen LogP contribution in [0.25, 0.3) is 0 Å². The second-order valence-corrected chi connectivity index (χ2v) is 9.27. The van der Waals surface area contributed by atoms with Gasteiger partial charge in [-0.2, -0.15) is 5.10 Å². The highest BCUT2D eigenvalue weighted by Crippen LogP contribution is 2.25. The molecular formula is C23H26N8O2S. The number of nitrogens with one attached hydrogen (secondary N) is 3. The Kier molecular flexibility index (Phi) is 6.46. The lowest BCUT2D eigenvalue weighted by atomic mass is 10.3. The van der Waals surface area contributed by atoms with E-state index in [1.165, 1.54) is 0 Å². The highest BCUT2D eigenvalue weighted by atomic mass is 32.2. The minimum absolute atomic E-state index is 0.209. The predicted molar refractivity (Wildman–Crippen MR) is 132 cm³/mol. The van der Waals surface area contributed by atoms with Gasteiger partial charge in [0.15, 0.2) is 0 Å². The van der Waals surface area contributed by atoms with E-state index in [0.29, 0.717) is 46.9 Å². The molecule has 176 valence electrons. The van der Waals surface area contributed by atoms with Crippen LogP contribution in [0.15, 0.2) is 59.6 Å². The molecule has 3 N–H and O–H groups in total. The van der Waals surface area contributed by atoms with Crippen molar-refractivity contribution in [2.24, 2.45) is 0 Å². The lowest BCUT2D eigenvalue weighted by molar-refractivity contribution is 0.598. The maximum atomic E-state index is 13.0. The zero-order valence-corrected chi connectivity index (χ0v) is 20.2. The fourth-order valence-corrected chi connectivity index (χ4v) is 5.09. The third-order valence-electron chi connectivity index (χ3n) is 5.05. The Hall–Kier alpha value is -3.99. The molecule has 0 unspecified atom stereocenters. The minimum atomic E-state index is -3.77. The molecule has 3 aromatic heterocycles. The largest absolute Gasteiger partial charge is 0.340 e. The Morgan fingerprint density at radius 3 is 2.18 bits per heavy atom. The van der Waals surface area contributed by atoms with Crippen LogP contribution in [0.5, 0.6) is 0 Å². The summed E-state index contributed by atoms with van der Waals surface area (Å²) in [6.45, 7) is 7.78. The molecule has 0 aliphatic carbocycles. The first kappa shape index (κ1) is 23.2. The average Bonchev–Trinajstić information content (AvgIpc) is 3.09. The first-order chi connectivity index (χ1) is 16.2. The van der Waals surface area contributed by atoms with Crippen LogP contribution >= 0.6 is 0 Å². The van der Waals surface area contributed by atoms with Crippen LogP contribution < -0.4 is 15.4 Å². The van der Waals surface area contributed by atoms with Crippen molar-refractivity contribution in [1.82, 2.24) is 24.7 Å². The van der Waals surface area contributed by atoms with Gasteiger partial charge in [-0.05, 0) is 64.1 Å². The molecule has 0 amide bonds. The third-order valence-corrected chi connectivity index (χ3v) is 6.68. The molecule has 0 aliphatic rings. The summed E-state index contributed by atoms with van der Waals surface area (Å²) in [5.41, 5.74) is 2.28. The molecule has 0 bridgehead atoms. The van der Waals surface area contributed by atoms with E-state index in [1.54, 1.807) is 62.0 Å². The number of benzene rings is 1. The standard InChI is InChI=1S/C23H26N8O2S/c1-5-31-16(3)23(15(2)29-31)34(32,33)30-19-11-9-18(10-12-19)27-21-14-22(26-17(4)25-21)28-20-8-6-7-13-24-20/h6-14,30H,5H2,1-4H3,(H2,24,25,26,27,28). The molecule has 0 saturated heterocycles. The summed E-state index contributed by atoms with van der Waals surface area (Å²) in [5, 5.41) is 10.7. The molecule has 0 atom stereocenters. The highest BCUT2D eigenvalue weighted by molar-refractivity contribution is 7.92. The van der Waals surface area contributed by atoms with Gasteiger partial charge in [0.2, 0.25) is 0 Å². The van der Waals surface area contributed by atoms with Crippen LogP contribution in [0.1, 0.15) is 24.1 Å². The zero-order chi connectivity index (χ0) is 24.3. The monoisotopic (exact) mass is 478 g/mol. The molecular weight excluding hydrogens is 452 g/mol. The van der Waals surface area contributed by atoms with Crippen molar-refractivity contribution >= 4 is 38.9 Å². The first-order valence-electron chi connectivity index (χ1n) is 10.7. The Balaban J connectivity index is 1.49. The van der Waals surface area contributed by atoms with E-state index in [9.17, 15) is 8.42 Å². The number of pyridine rings is 1. The van der Waals surface area contributed by atoms with Crippen LogP contribution in [0.3, 0.4) is 0 Å². The van der Waals surface area contributed by atoms with E-state index in [-0.39, 0.29) is 4.90 Å². The molecule has 34 heavy (non-hydrogen) atoms. The topological polar surface area (TPSA) is 127 Å². The van der Waals surface area contributed by atoms with E-state index in [1.807, 2.05) is 25.1 Å². The van der Waals surface area contributed by atoms with Crippen LogP contribution in [0.2, 0.25) is 0 Å². The molecule has 3 heterocycles. The number of anilines is 5. The molecule has 0 radical (unpaired) electrons. The van der Waals surface area contributed by atoms with Crippen LogP contribution in [-0.2, 0) is 16.6 Å². The Morgan fingerprint density at radius 2 is 1.56 bits per heavy atom. The molecule has 0 fully saturated rings. The van der Waals surface area contributed by atoms with Crippen LogP contribution in [0, 0.1) is 20.8 Å². The van der Waals surface area contributed by atoms with Gasteiger partial charge in [0.25, 0.3) is 10.0 Å². The summed E-state index contributed by atoms with van der Waals surface area (Å²) in [6, 6.07) is 14.3. The van der Waals surface area contributed by atoms with E-state index >= 15 is 0 Å². The summed E-state index contributed by atoms with van der Waals surface area (Å²) in [6.07, 6.45) is 1.70. The fourth-order valence-electron chi connectivity index (χ4n) is 3.62. The molecule has 4 rings (SSSR count). The molecule has 11 heteroatoms. The second-order valence-electron chi connectivity index (χ2n) is 7.65. The van der Waals surface area contributed by atoms with E-state index in [2.05, 4.69) is 35.4 Å². The Bertz CT molecular complexity index is 1400. The number of sulfonamides is 1. The highest BCUT2D eigenvalue weighted by Gasteiger charge is 2.24. The van der Waals surface area contributed by atoms with Gasteiger partial charge in [0.05, 0.1) is 11.4 Å². The SMILES string of the molecule is CCn1nc(C)c(S(=O)(=O)Nc2ccc(Nc3cc(Nc4ccccn4)nc(C)n3)cc2)c1C. The summed E-state index contributed by atoms with van der Waals surface area (Å²) >= 11 is 0. The van der Waals surface area contributed by atoms with Crippen molar-refractivity contribution in [3.8, 4) is 0 Å². The maximum absolute atomic E-state index is 13.0. The second kappa shape index (κ2) is 9.48. The van der Waals surface area contributed by atoms with Gasteiger partial charge in [-0.1, -0.05) is 6.07 Å². The molecule has 10 nitrogen and oxygen atoms in total. The Morgan fingerprint density at radius 1 is 0.882 bits per heavy atom. The number of aryl methyl sites for hydroxylation is 3. The number of hydrogen-bond donors (Lipinski definition) is 3. The van der Waals surface area contributed by atoms with Gasteiger partial charge in [-0.25, -0.2) is 23.4 Å².